The zero-order valence-corrected chi connectivity index (χ0v) is 18.0. The van der Waals surface area contributed by atoms with Gasteiger partial charge in [0.1, 0.15) is 5.71 Å². The molecule has 6 nitrogen and oxygen atoms in total. The summed E-state index contributed by atoms with van der Waals surface area (Å²) in [5.74, 6) is 0.204. The lowest BCUT2D eigenvalue weighted by Crippen LogP contribution is -2.09. The molecular formula is C27H21N3O3. The second-order valence-corrected chi connectivity index (χ2v) is 6.97. The zero-order valence-electron chi connectivity index (χ0n) is 18.0. The summed E-state index contributed by atoms with van der Waals surface area (Å²) in [6, 6.07) is 28.3. The summed E-state index contributed by atoms with van der Waals surface area (Å²) in [5.41, 5.74) is 3.81. The molecule has 6 heteroatoms. The van der Waals surface area contributed by atoms with Crippen LogP contribution in [0.1, 0.15) is 27.0 Å². The highest BCUT2D eigenvalue weighted by molar-refractivity contribution is 6.13. The maximum absolute atomic E-state index is 12.3. The molecule has 0 saturated heterocycles. The monoisotopic (exact) mass is 435 g/mol. The van der Waals surface area contributed by atoms with E-state index in [1.165, 1.54) is 13.3 Å². The van der Waals surface area contributed by atoms with Crippen molar-refractivity contribution in [3.05, 3.63) is 126 Å². The fourth-order valence-corrected chi connectivity index (χ4v) is 3.12. The van der Waals surface area contributed by atoms with Gasteiger partial charge in [-0.2, -0.15) is 5.10 Å². The van der Waals surface area contributed by atoms with Gasteiger partial charge in [-0.15, -0.1) is 5.10 Å². The van der Waals surface area contributed by atoms with Gasteiger partial charge in [0.2, 0.25) is 0 Å². The molecule has 0 bridgehead atoms. The van der Waals surface area contributed by atoms with Crippen LogP contribution in [0, 0.1) is 0 Å². The molecule has 3 aromatic carbocycles. The molecule has 0 atom stereocenters. The van der Waals surface area contributed by atoms with E-state index in [1.807, 2.05) is 60.7 Å². The summed E-state index contributed by atoms with van der Waals surface area (Å²) < 4.78 is 10.9. The molecule has 1 heterocycles. The van der Waals surface area contributed by atoms with Crippen LogP contribution in [0.2, 0.25) is 0 Å². The normalized spacial score (nSPS) is 10.6. The van der Waals surface area contributed by atoms with Crippen molar-refractivity contribution < 1.29 is 14.3 Å². The minimum Gasteiger partial charge on any atom is -0.493 e. The van der Waals surface area contributed by atoms with Crippen molar-refractivity contribution >= 4 is 17.9 Å². The molecule has 0 aliphatic rings. The molecule has 0 amide bonds. The van der Waals surface area contributed by atoms with Crippen molar-refractivity contribution in [2.45, 2.75) is 0 Å². The second kappa shape index (κ2) is 10.6. The SMILES string of the molecule is COc1cc(C=NN=C(c2ccccc2)c2ccccc2)ccc1OC(=O)c1cccnc1. The number of benzene rings is 3. The highest BCUT2D eigenvalue weighted by Crippen LogP contribution is 2.28. The van der Waals surface area contributed by atoms with Crippen LogP contribution in [0.5, 0.6) is 11.5 Å². The molecule has 4 rings (SSSR count). The van der Waals surface area contributed by atoms with Crippen molar-refractivity contribution in [3.63, 3.8) is 0 Å². The van der Waals surface area contributed by atoms with Crippen LogP contribution in [0.3, 0.4) is 0 Å². The van der Waals surface area contributed by atoms with E-state index in [-0.39, 0.29) is 0 Å². The molecule has 1 aromatic heterocycles. The molecule has 0 radical (unpaired) electrons. The highest BCUT2D eigenvalue weighted by Gasteiger charge is 2.13. The largest absolute Gasteiger partial charge is 0.493 e. The maximum atomic E-state index is 12.3. The number of carbonyl (C=O) groups is 1. The van der Waals surface area contributed by atoms with E-state index in [0.29, 0.717) is 17.1 Å². The van der Waals surface area contributed by atoms with Crippen LogP contribution in [-0.2, 0) is 0 Å². The summed E-state index contributed by atoms with van der Waals surface area (Å²) in [7, 11) is 1.51. The van der Waals surface area contributed by atoms with E-state index in [2.05, 4.69) is 15.2 Å². The van der Waals surface area contributed by atoms with Gasteiger partial charge in [-0.05, 0) is 35.9 Å². The van der Waals surface area contributed by atoms with Crippen LogP contribution in [-0.4, -0.2) is 30.0 Å². The van der Waals surface area contributed by atoms with Crippen LogP contribution in [0.4, 0.5) is 0 Å². The second-order valence-electron chi connectivity index (χ2n) is 6.97. The van der Waals surface area contributed by atoms with Crippen molar-refractivity contribution in [1.82, 2.24) is 4.98 Å². The van der Waals surface area contributed by atoms with E-state index in [9.17, 15) is 4.79 Å². The quantitative estimate of drug-likeness (QED) is 0.174. The molecule has 0 aliphatic heterocycles. The summed E-state index contributed by atoms with van der Waals surface area (Å²) in [6.45, 7) is 0. The minimum absolute atomic E-state index is 0.307. The third-order valence-corrected chi connectivity index (χ3v) is 4.75. The number of aromatic nitrogens is 1. The van der Waals surface area contributed by atoms with Crippen molar-refractivity contribution in [2.75, 3.05) is 7.11 Å². The predicted octanol–water partition coefficient (Wildman–Crippen LogP) is 5.18. The number of hydrogen-bond acceptors (Lipinski definition) is 6. The molecule has 0 N–H and O–H groups in total. The number of rotatable bonds is 7. The number of ether oxygens (including phenoxy) is 2. The molecule has 0 fully saturated rings. The number of esters is 1. The smallest absolute Gasteiger partial charge is 0.345 e. The number of carbonyl (C=O) groups excluding carboxylic acids is 1. The fourth-order valence-electron chi connectivity index (χ4n) is 3.12. The first-order valence-electron chi connectivity index (χ1n) is 10.3. The standard InChI is InChI=1S/C27H21N3O3/c1-32-25-17-20(14-15-24(25)33-27(31)23-13-8-16-28-19-23)18-29-30-26(21-9-4-2-5-10-21)22-11-6-3-7-12-22/h2-19H,1H3. The lowest BCUT2D eigenvalue weighted by atomic mass is 10.0. The summed E-state index contributed by atoms with van der Waals surface area (Å²) in [4.78, 5) is 16.3. The Morgan fingerprint density at radius 1 is 0.818 bits per heavy atom. The molecular weight excluding hydrogens is 414 g/mol. The lowest BCUT2D eigenvalue weighted by Gasteiger charge is -2.09. The Labute approximate surface area is 191 Å². The van der Waals surface area contributed by atoms with E-state index in [0.717, 1.165) is 22.4 Å². The Hall–Kier alpha value is -4.58. The van der Waals surface area contributed by atoms with Gasteiger partial charge in [0.15, 0.2) is 11.5 Å². The molecule has 0 aliphatic carbocycles. The zero-order chi connectivity index (χ0) is 22.9. The first kappa shape index (κ1) is 21.6. The van der Waals surface area contributed by atoms with Gasteiger partial charge < -0.3 is 9.47 Å². The van der Waals surface area contributed by atoms with Crippen LogP contribution in [0.15, 0.2) is 114 Å². The number of hydrogen-bond donors (Lipinski definition) is 0. The van der Waals surface area contributed by atoms with Gasteiger partial charge >= 0.3 is 5.97 Å². The first-order valence-corrected chi connectivity index (χ1v) is 10.3. The third kappa shape index (κ3) is 5.57. The van der Waals surface area contributed by atoms with Crippen LogP contribution in [0.25, 0.3) is 0 Å². The fraction of sp³-hybridized carbons (Fsp3) is 0.0370. The highest BCUT2D eigenvalue weighted by atomic mass is 16.6. The van der Waals surface area contributed by atoms with Crippen molar-refractivity contribution in [3.8, 4) is 11.5 Å². The molecule has 162 valence electrons. The molecule has 0 unspecified atom stereocenters. The maximum Gasteiger partial charge on any atom is 0.345 e. The van der Waals surface area contributed by atoms with Gasteiger partial charge in [0, 0.05) is 23.5 Å². The molecule has 33 heavy (non-hydrogen) atoms. The van der Waals surface area contributed by atoms with Crippen molar-refractivity contribution in [2.24, 2.45) is 10.2 Å². The summed E-state index contributed by atoms with van der Waals surface area (Å²) in [6.07, 6.45) is 4.67. The Morgan fingerprint density at radius 3 is 2.09 bits per heavy atom. The van der Waals surface area contributed by atoms with Gasteiger partial charge in [-0.25, -0.2) is 4.79 Å². The van der Waals surface area contributed by atoms with E-state index >= 15 is 0 Å². The lowest BCUT2D eigenvalue weighted by molar-refractivity contribution is 0.0729. The first-order chi connectivity index (χ1) is 16.2. The topological polar surface area (TPSA) is 73.1 Å². The molecule has 0 saturated carbocycles. The predicted molar refractivity (Wildman–Crippen MR) is 128 cm³/mol. The Bertz CT molecular complexity index is 1230. The number of nitrogens with zero attached hydrogens (tertiary/aromatic N) is 3. The van der Waals surface area contributed by atoms with E-state index in [1.54, 1.807) is 42.7 Å². The summed E-state index contributed by atoms with van der Waals surface area (Å²) >= 11 is 0. The summed E-state index contributed by atoms with van der Waals surface area (Å²) in [5, 5.41) is 8.78. The minimum atomic E-state index is -0.511. The number of pyridine rings is 1. The van der Waals surface area contributed by atoms with Crippen molar-refractivity contribution in [1.29, 1.82) is 0 Å². The average molecular weight is 435 g/mol. The molecule has 4 aromatic rings. The van der Waals surface area contributed by atoms with Gasteiger partial charge in [0.25, 0.3) is 0 Å². The van der Waals surface area contributed by atoms with Crippen LogP contribution >= 0.6 is 0 Å². The Morgan fingerprint density at radius 2 is 1.48 bits per heavy atom. The third-order valence-electron chi connectivity index (χ3n) is 4.75. The van der Waals surface area contributed by atoms with E-state index in [4.69, 9.17) is 9.47 Å². The molecule has 0 spiro atoms. The Kier molecular flexibility index (Phi) is 6.98. The van der Waals surface area contributed by atoms with Gasteiger partial charge in [-0.1, -0.05) is 60.7 Å². The number of methoxy groups -OCH3 is 1. The van der Waals surface area contributed by atoms with Gasteiger partial charge in [0.05, 0.1) is 18.9 Å². The van der Waals surface area contributed by atoms with Gasteiger partial charge in [-0.3, -0.25) is 4.98 Å². The Balaban J connectivity index is 1.57. The van der Waals surface area contributed by atoms with E-state index < -0.39 is 5.97 Å². The average Bonchev–Trinajstić information content (AvgIpc) is 2.89. The van der Waals surface area contributed by atoms with Crippen LogP contribution < -0.4 is 9.47 Å².